The van der Waals surface area contributed by atoms with E-state index in [-0.39, 0.29) is 0 Å². The molecule has 4 heteroatoms. The van der Waals surface area contributed by atoms with Crippen LogP contribution in [0.25, 0.3) is 5.57 Å². The molecule has 3 aromatic rings. The van der Waals surface area contributed by atoms with Crippen LogP contribution in [-0.4, -0.2) is 10.9 Å². The van der Waals surface area contributed by atoms with Crippen molar-refractivity contribution in [1.29, 1.82) is 0 Å². The summed E-state index contributed by atoms with van der Waals surface area (Å²) in [5, 5.41) is 3.69. The number of fused-ring (bicyclic) bond motifs is 1. The molecule has 1 atom stereocenters. The van der Waals surface area contributed by atoms with Crippen LogP contribution >= 0.6 is 0 Å². The van der Waals surface area contributed by atoms with Gasteiger partial charge in [-0.05, 0) is 41.8 Å². The number of rotatable bonds is 5. The van der Waals surface area contributed by atoms with Crippen molar-refractivity contribution in [2.24, 2.45) is 5.73 Å². The van der Waals surface area contributed by atoms with E-state index in [1.807, 2.05) is 60.8 Å². The summed E-state index contributed by atoms with van der Waals surface area (Å²) in [6.45, 7) is 2.10. The summed E-state index contributed by atoms with van der Waals surface area (Å²) >= 11 is 0. The number of nitrogens with two attached hydrogens (primary N) is 1. The Bertz CT molecular complexity index is 1040. The Morgan fingerprint density at radius 3 is 2.57 bits per heavy atom. The van der Waals surface area contributed by atoms with Crippen LogP contribution in [0, 0.1) is 0 Å². The predicted molar refractivity (Wildman–Crippen MR) is 113 cm³/mol. The third kappa shape index (κ3) is 3.29. The molecule has 4 nitrogen and oxygen atoms in total. The zero-order valence-electron chi connectivity index (χ0n) is 15.9. The highest BCUT2D eigenvalue weighted by atomic mass is 16.1. The van der Waals surface area contributed by atoms with E-state index in [2.05, 4.69) is 35.4 Å². The van der Waals surface area contributed by atoms with Crippen LogP contribution < -0.4 is 11.1 Å². The number of hydrogen-bond donors (Lipinski definition) is 2. The molecule has 1 amide bonds. The van der Waals surface area contributed by atoms with Gasteiger partial charge in [-0.3, -0.25) is 9.78 Å². The van der Waals surface area contributed by atoms with Gasteiger partial charge in [-0.25, -0.2) is 0 Å². The summed E-state index contributed by atoms with van der Waals surface area (Å²) in [6, 6.07) is 22.2. The first-order valence-electron chi connectivity index (χ1n) is 9.51. The van der Waals surface area contributed by atoms with Crippen LogP contribution in [0.5, 0.6) is 0 Å². The molecule has 0 saturated heterocycles. The molecule has 3 N–H and O–H groups in total. The Morgan fingerprint density at radius 1 is 1.07 bits per heavy atom. The lowest BCUT2D eigenvalue weighted by Gasteiger charge is -2.38. The number of amides is 1. The van der Waals surface area contributed by atoms with Gasteiger partial charge in [0, 0.05) is 35.1 Å². The van der Waals surface area contributed by atoms with E-state index < -0.39 is 11.4 Å². The first kappa shape index (κ1) is 18.0. The Hall–Kier alpha value is -3.40. The van der Waals surface area contributed by atoms with Crippen LogP contribution in [0.15, 0.2) is 79.0 Å². The maximum Gasteiger partial charge on any atom is 0.249 e. The van der Waals surface area contributed by atoms with Gasteiger partial charge in [0.2, 0.25) is 5.91 Å². The molecule has 1 unspecified atom stereocenters. The summed E-state index contributed by atoms with van der Waals surface area (Å²) in [5.41, 5.74) is 10.8. The van der Waals surface area contributed by atoms with Gasteiger partial charge in [0.25, 0.3) is 0 Å². The maximum absolute atomic E-state index is 12.3. The molecule has 0 saturated carbocycles. The Labute approximate surface area is 165 Å². The van der Waals surface area contributed by atoms with Gasteiger partial charge in [-0.2, -0.15) is 0 Å². The van der Waals surface area contributed by atoms with E-state index in [0.717, 1.165) is 34.5 Å². The molecule has 1 aliphatic heterocycles. The number of primary amides is 1. The molecule has 0 radical (unpaired) electrons. The second kappa shape index (κ2) is 7.31. The molecular weight excluding hydrogens is 346 g/mol. The molecule has 0 aliphatic carbocycles. The zero-order chi connectivity index (χ0) is 19.6. The first-order chi connectivity index (χ1) is 13.6. The van der Waals surface area contributed by atoms with Crippen molar-refractivity contribution in [1.82, 2.24) is 4.98 Å². The number of aryl methyl sites for hydroxylation is 1. The second-order valence-electron chi connectivity index (χ2n) is 7.12. The highest BCUT2D eigenvalue weighted by Crippen LogP contribution is 2.41. The molecule has 0 bridgehead atoms. The van der Waals surface area contributed by atoms with Crippen LogP contribution in [0.3, 0.4) is 0 Å². The predicted octanol–water partition coefficient (Wildman–Crippen LogP) is 4.08. The Balaban J connectivity index is 1.89. The molecule has 4 rings (SSSR count). The van der Waals surface area contributed by atoms with Gasteiger partial charge in [0.05, 0.1) is 5.54 Å². The average Bonchev–Trinajstić information content (AvgIpc) is 2.74. The van der Waals surface area contributed by atoms with Crippen molar-refractivity contribution in [3.63, 3.8) is 0 Å². The number of para-hydroxylation sites is 1. The van der Waals surface area contributed by atoms with Gasteiger partial charge < -0.3 is 11.1 Å². The lowest BCUT2D eigenvalue weighted by atomic mass is 9.78. The number of benzene rings is 2. The molecule has 28 heavy (non-hydrogen) atoms. The van der Waals surface area contributed by atoms with Crippen molar-refractivity contribution in [2.75, 3.05) is 5.32 Å². The fourth-order valence-electron chi connectivity index (χ4n) is 3.87. The molecule has 140 valence electrons. The average molecular weight is 369 g/mol. The minimum atomic E-state index is -0.577. The van der Waals surface area contributed by atoms with Gasteiger partial charge in [0.15, 0.2) is 0 Å². The smallest absolute Gasteiger partial charge is 0.249 e. The largest absolute Gasteiger partial charge is 0.371 e. The first-order valence-corrected chi connectivity index (χ1v) is 9.51. The van der Waals surface area contributed by atoms with Crippen molar-refractivity contribution in [3.8, 4) is 0 Å². The van der Waals surface area contributed by atoms with Gasteiger partial charge in [0.1, 0.15) is 0 Å². The number of carbonyl (C=O) groups excluding carboxylic acids is 1. The third-order valence-corrected chi connectivity index (χ3v) is 5.25. The van der Waals surface area contributed by atoms with E-state index in [0.29, 0.717) is 12.0 Å². The fourth-order valence-corrected chi connectivity index (χ4v) is 3.87. The number of carbonyl (C=O) groups is 1. The van der Waals surface area contributed by atoms with Crippen molar-refractivity contribution >= 4 is 17.2 Å². The Morgan fingerprint density at radius 2 is 1.82 bits per heavy atom. The van der Waals surface area contributed by atoms with Crippen molar-refractivity contribution < 1.29 is 4.79 Å². The monoisotopic (exact) mass is 369 g/mol. The summed E-state index contributed by atoms with van der Waals surface area (Å²) in [5.74, 6) is -0.418. The summed E-state index contributed by atoms with van der Waals surface area (Å²) < 4.78 is 0. The third-order valence-electron chi connectivity index (χ3n) is 5.25. The zero-order valence-corrected chi connectivity index (χ0v) is 15.9. The molecule has 0 fully saturated rings. The molecule has 1 aliphatic rings. The minimum absolute atomic E-state index is 0.418. The Kier molecular flexibility index (Phi) is 4.70. The van der Waals surface area contributed by atoms with Crippen LogP contribution in [-0.2, 0) is 23.2 Å². The summed E-state index contributed by atoms with van der Waals surface area (Å²) in [4.78, 5) is 16.7. The quantitative estimate of drug-likeness (QED) is 0.712. The lowest BCUT2D eigenvalue weighted by Crippen LogP contribution is -2.39. The SMILES string of the molecule is CCc1cc(CC2(c3ccccc3)C=C(C(N)=O)c3ccccc3N2)ccn1. The lowest BCUT2D eigenvalue weighted by molar-refractivity contribution is -0.112. The number of nitrogens with zero attached hydrogens (tertiary/aromatic N) is 1. The topological polar surface area (TPSA) is 68.0 Å². The summed E-state index contributed by atoms with van der Waals surface area (Å²) in [6.07, 6.45) is 5.39. The van der Waals surface area contributed by atoms with E-state index in [9.17, 15) is 4.79 Å². The maximum atomic E-state index is 12.3. The molecule has 2 heterocycles. The minimum Gasteiger partial charge on any atom is -0.371 e. The number of aromatic nitrogens is 1. The number of anilines is 1. The van der Waals surface area contributed by atoms with Crippen LogP contribution in [0.4, 0.5) is 5.69 Å². The fraction of sp³-hybridized carbons (Fsp3) is 0.167. The van der Waals surface area contributed by atoms with Crippen molar-refractivity contribution in [2.45, 2.75) is 25.3 Å². The normalized spacial score (nSPS) is 18.0. The van der Waals surface area contributed by atoms with E-state index in [4.69, 9.17) is 5.73 Å². The van der Waals surface area contributed by atoms with E-state index in [1.165, 1.54) is 0 Å². The molecule has 2 aromatic carbocycles. The number of pyridine rings is 1. The highest BCUT2D eigenvalue weighted by Gasteiger charge is 2.36. The molecular formula is C24H23N3O. The summed E-state index contributed by atoms with van der Waals surface area (Å²) in [7, 11) is 0. The van der Waals surface area contributed by atoms with Crippen LogP contribution in [0.1, 0.15) is 29.3 Å². The molecule has 0 spiro atoms. The second-order valence-corrected chi connectivity index (χ2v) is 7.12. The standard InChI is InChI=1S/C24H23N3O/c1-2-19-14-17(12-13-26-19)15-24(18-8-4-3-5-9-18)16-21(23(25)28)20-10-6-7-11-22(20)27-24/h3-14,16,27H,2,15H2,1H3,(H2,25,28). The number of nitrogens with one attached hydrogen (secondary N) is 1. The van der Waals surface area contributed by atoms with Crippen LogP contribution in [0.2, 0.25) is 0 Å². The van der Waals surface area contributed by atoms with E-state index in [1.54, 1.807) is 0 Å². The van der Waals surface area contributed by atoms with Gasteiger partial charge in [-0.15, -0.1) is 0 Å². The van der Waals surface area contributed by atoms with Gasteiger partial charge in [-0.1, -0.05) is 55.5 Å². The number of hydrogen-bond acceptors (Lipinski definition) is 3. The van der Waals surface area contributed by atoms with Crippen molar-refractivity contribution in [3.05, 3.63) is 101 Å². The highest BCUT2D eigenvalue weighted by molar-refractivity contribution is 6.21. The van der Waals surface area contributed by atoms with E-state index >= 15 is 0 Å². The molecule has 1 aromatic heterocycles. The van der Waals surface area contributed by atoms with Gasteiger partial charge >= 0.3 is 0 Å².